The van der Waals surface area contributed by atoms with E-state index in [0.717, 1.165) is 6.42 Å². The van der Waals surface area contributed by atoms with Crippen molar-refractivity contribution in [1.82, 2.24) is 14.9 Å². The van der Waals surface area contributed by atoms with Crippen LogP contribution in [0.4, 0.5) is 19.4 Å². The van der Waals surface area contributed by atoms with E-state index >= 15 is 4.39 Å². The molecule has 2 aromatic carbocycles. The van der Waals surface area contributed by atoms with Crippen molar-refractivity contribution < 1.29 is 23.4 Å². The van der Waals surface area contributed by atoms with E-state index in [9.17, 15) is 14.3 Å². The summed E-state index contributed by atoms with van der Waals surface area (Å²) in [7, 11) is 1.37. The highest BCUT2D eigenvalue weighted by atomic mass is 35.5. The average molecular weight is 461 g/mol. The van der Waals surface area contributed by atoms with Crippen molar-refractivity contribution in [2.45, 2.75) is 6.42 Å². The third-order valence-electron chi connectivity index (χ3n) is 6.31. The molecule has 0 unspecified atom stereocenters. The molecule has 1 aromatic heterocycles. The normalized spacial score (nSPS) is 17.1. The predicted octanol–water partition coefficient (Wildman–Crippen LogP) is 4.43. The van der Waals surface area contributed by atoms with Gasteiger partial charge in [0.15, 0.2) is 5.82 Å². The Morgan fingerprint density at radius 1 is 1.22 bits per heavy atom. The van der Waals surface area contributed by atoms with E-state index in [1.165, 1.54) is 36.5 Å². The van der Waals surface area contributed by atoms with Gasteiger partial charge in [-0.15, -0.1) is 0 Å². The highest BCUT2D eigenvalue weighted by molar-refractivity contribution is 6.34. The van der Waals surface area contributed by atoms with Gasteiger partial charge in [0.05, 0.1) is 17.7 Å². The molecule has 1 spiro atoms. The van der Waals surface area contributed by atoms with Gasteiger partial charge in [0, 0.05) is 42.5 Å². The van der Waals surface area contributed by atoms with Gasteiger partial charge in [0.1, 0.15) is 29.2 Å². The highest BCUT2D eigenvalue weighted by Gasteiger charge is 2.49. The molecule has 7 nitrogen and oxygen atoms in total. The maximum atomic E-state index is 15.6. The summed E-state index contributed by atoms with van der Waals surface area (Å²) in [5, 5.41) is 9.66. The first kappa shape index (κ1) is 20.7. The molecule has 2 saturated heterocycles. The monoisotopic (exact) mass is 460 g/mol. The van der Waals surface area contributed by atoms with Crippen LogP contribution in [-0.2, 0) is 0 Å². The van der Waals surface area contributed by atoms with Crippen LogP contribution in [0, 0.1) is 17.0 Å². The lowest BCUT2D eigenvalue weighted by molar-refractivity contribution is 0.143. The Morgan fingerprint density at radius 3 is 2.69 bits per heavy atom. The second-order valence-electron chi connectivity index (χ2n) is 8.27. The zero-order valence-corrected chi connectivity index (χ0v) is 17.9. The molecule has 0 bridgehead atoms. The molecule has 166 valence electrons. The second kappa shape index (κ2) is 7.44. The van der Waals surface area contributed by atoms with E-state index in [2.05, 4.69) is 9.97 Å². The van der Waals surface area contributed by atoms with Crippen LogP contribution in [-0.4, -0.2) is 59.4 Å². The van der Waals surface area contributed by atoms with E-state index in [0.29, 0.717) is 37.4 Å². The Bertz CT molecular complexity index is 1250. The number of aromatic nitrogens is 2. The van der Waals surface area contributed by atoms with Crippen LogP contribution < -0.4 is 9.64 Å². The van der Waals surface area contributed by atoms with Crippen LogP contribution in [0.5, 0.6) is 5.75 Å². The van der Waals surface area contributed by atoms with E-state index in [-0.39, 0.29) is 32.8 Å². The summed E-state index contributed by atoms with van der Waals surface area (Å²) in [5.74, 6) is -0.740. The number of methoxy groups -OCH3 is 1. The molecule has 3 aromatic rings. The molecule has 1 amide bonds. The molecule has 2 fully saturated rings. The number of hydrogen-bond donors (Lipinski definition) is 1. The number of hydrogen-bond acceptors (Lipinski definition) is 5. The largest absolute Gasteiger partial charge is 0.496 e. The molecule has 3 heterocycles. The number of carboxylic acid groups (broad SMARTS) is 1. The topological polar surface area (TPSA) is 78.8 Å². The van der Waals surface area contributed by atoms with Gasteiger partial charge in [-0.25, -0.2) is 23.5 Å². The molecular weight excluding hydrogens is 442 g/mol. The molecule has 2 aliphatic rings. The van der Waals surface area contributed by atoms with Gasteiger partial charge in [-0.05, 0) is 24.6 Å². The molecule has 1 N–H and O–H groups in total. The van der Waals surface area contributed by atoms with Gasteiger partial charge >= 0.3 is 6.09 Å². The SMILES string of the molecule is COc1cccc(F)c1-c1c(Cl)cc2c(N3CC4(CCN(C(=O)O)C4)C3)ncnc2c1F. The molecule has 10 heteroatoms. The lowest BCUT2D eigenvalue weighted by Gasteiger charge is -2.48. The summed E-state index contributed by atoms with van der Waals surface area (Å²) in [5.41, 5.74) is -0.286. The summed E-state index contributed by atoms with van der Waals surface area (Å²) in [6.07, 6.45) is 1.11. The Labute approximate surface area is 187 Å². The third-order valence-corrected chi connectivity index (χ3v) is 6.60. The summed E-state index contributed by atoms with van der Waals surface area (Å²) in [6, 6.07) is 5.76. The van der Waals surface area contributed by atoms with Crippen molar-refractivity contribution in [1.29, 1.82) is 0 Å². The molecule has 0 atom stereocenters. The fraction of sp³-hybridized carbons (Fsp3) is 0.318. The zero-order valence-electron chi connectivity index (χ0n) is 17.1. The molecule has 0 saturated carbocycles. The van der Waals surface area contributed by atoms with E-state index < -0.39 is 17.7 Å². The van der Waals surface area contributed by atoms with Gasteiger partial charge in [0.2, 0.25) is 0 Å². The summed E-state index contributed by atoms with van der Waals surface area (Å²) in [4.78, 5) is 23.1. The first-order valence-corrected chi connectivity index (χ1v) is 10.4. The maximum absolute atomic E-state index is 15.6. The number of likely N-dealkylation sites (tertiary alicyclic amines) is 1. The maximum Gasteiger partial charge on any atom is 0.407 e. The third kappa shape index (κ3) is 3.10. The highest BCUT2D eigenvalue weighted by Crippen LogP contribution is 2.45. The van der Waals surface area contributed by atoms with Gasteiger partial charge in [-0.2, -0.15) is 0 Å². The molecular formula is C22H19ClF2N4O3. The van der Waals surface area contributed by atoms with Crippen LogP contribution in [0.25, 0.3) is 22.0 Å². The van der Waals surface area contributed by atoms with E-state index in [4.69, 9.17) is 16.3 Å². The second-order valence-corrected chi connectivity index (χ2v) is 8.68. The number of fused-ring (bicyclic) bond motifs is 1. The summed E-state index contributed by atoms with van der Waals surface area (Å²) in [6.45, 7) is 2.17. The smallest absolute Gasteiger partial charge is 0.407 e. The van der Waals surface area contributed by atoms with E-state index in [1.54, 1.807) is 6.07 Å². The number of nitrogens with zero attached hydrogens (tertiary/aromatic N) is 4. The van der Waals surface area contributed by atoms with Crippen LogP contribution in [0.3, 0.4) is 0 Å². The van der Waals surface area contributed by atoms with Crippen LogP contribution in [0.15, 0.2) is 30.6 Å². The summed E-state index contributed by atoms with van der Waals surface area (Å²) < 4.78 is 35.5. The Hall–Kier alpha value is -3.20. The quantitative estimate of drug-likeness (QED) is 0.623. The van der Waals surface area contributed by atoms with Crippen LogP contribution in [0.2, 0.25) is 5.02 Å². The number of ether oxygens (including phenoxy) is 1. The predicted molar refractivity (Wildman–Crippen MR) is 115 cm³/mol. The molecule has 0 aliphatic carbocycles. The number of rotatable bonds is 3. The van der Waals surface area contributed by atoms with Gasteiger partial charge in [-0.3, -0.25) is 0 Å². The van der Waals surface area contributed by atoms with Crippen molar-refractivity contribution >= 4 is 34.4 Å². The Balaban J connectivity index is 1.55. The number of benzene rings is 2. The van der Waals surface area contributed by atoms with Crippen molar-refractivity contribution in [2.75, 3.05) is 38.2 Å². The number of amides is 1. The Morgan fingerprint density at radius 2 is 2.00 bits per heavy atom. The van der Waals surface area contributed by atoms with Gasteiger partial charge in [-0.1, -0.05) is 17.7 Å². The lowest BCUT2D eigenvalue weighted by Crippen LogP contribution is -2.58. The number of anilines is 1. The number of halogens is 3. The lowest BCUT2D eigenvalue weighted by atomic mass is 9.79. The molecule has 5 rings (SSSR count). The Kier molecular flexibility index (Phi) is 4.81. The van der Waals surface area contributed by atoms with Crippen molar-refractivity contribution in [3.05, 3.63) is 47.2 Å². The molecule has 32 heavy (non-hydrogen) atoms. The number of carbonyl (C=O) groups is 1. The molecule has 0 radical (unpaired) electrons. The van der Waals surface area contributed by atoms with Crippen molar-refractivity contribution in [3.63, 3.8) is 0 Å². The minimum absolute atomic E-state index is 0.0163. The zero-order chi connectivity index (χ0) is 22.6. The van der Waals surface area contributed by atoms with E-state index in [1.807, 2.05) is 4.90 Å². The minimum Gasteiger partial charge on any atom is -0.496 e. The van der Waals surface area contributed by atoms with Gasteiger partial charge in [0.25, 0.3) is 0 Å². The van der Waals surface area contributed by atoms with Crippen molar-refractivity contribution in [2.24, 2.45) is 5.41 Å². The summed E-state index contributed by atoms with van der Waals surface area (Å²) >= 11 is 6.45. The van der Waals surface area contributed by atoms with Gasteiger partial charge < -0.3 is 19.6 Å². The fourth-order valence-corrected chi connectivity index (χ4v) is 5.07. The standard InChI is InChI=1S/C22H19ClF2N4O3/c1-32-15-4-2-3-14(24)17(15)16-13(23)7-12-19(18(16)25)26-11-27-20(12)29-9-22(10-29)5-6-28(8-22)21(30)31/h2-4,7,11H,5-6,8-10H2,1H3,(H,30,31). The average Bonchev–Trinajstić information content (AvgIpc) is 3.20. The van der Waals surface area contributed by atoms with Crippen molar-refractivity contribution in [3.8, 4) is 16.9 Å². The fourth-order valence-electron chi connectivity index (χ4n) is 4.78. The first-order valence-electron chi connectivity index (χ1n) is 10.0. The van der Waals surface area contributed by atoms with Crippen LogP contribution >= 0.6 is 11.6 Å². The van der Waals surface area contributed by atoms with Crippen LogP contribution in [0.1, 0.15) is 6.42 Å². The molecule has 2 aliphatic heterocycles. The minimum atomic E-state index is -0.919. The first-order chi connectivity index (χ1) is 15.3.